The largest absolute Gasteiger partial charge is 0.464 e. The second-order valence-corrected chi connectivity index (χ2v) is 6.58. The number of ether oxygens (including phenoxy) is 2. The van der Waals surface area contributed by atoms with Gasteiger partial charge in [-0.2, -0.15) is 19.6 Å². The van der Waals surface area contributed by atoms with Crippen molar-refractivity contribution in [2.45, 2.75) is 13.8 Å². The van der Waals surface area contributed by atoms with Gasteiger partial charge in [-0.3, -0.25) is 4.90 Å². The number of aromatic nitrogens is 6. The molecule has 0 aliphatic heterocycles. The maximum Gasteiger partial charge on any atom is 0.360 e. The van der Waals surface area contributed by atoms with Gasteiger partial charge in [0.2, 0.25) is 5.95 Å². The molecule has 10 nitrogen and oxygen atoms in total. The Morgan fingerprint density at radius 1 is 0.969 bits per heavy atom. The van der Waals surface area contributed by atoms with E-state index in [4.69, 9.17) is 9.47 Å². The Balaban J connectivity index is 1.89. The fourth-order valence-corrected chi connectivity index (χ4v) is 3.06. The fourth-order valence-electron chi connectivity index (χ4n) is 3.06. The first kappa shape index (κ1) is 20.9. The van der Waals surface area contributed by atoms with E-state index < -0.39 is 5.97 Å². The first-order chi connectivity index (χ1) is 15.6. The third-order valence-corrected chi connectivity index (χ3v) is 4.56. The molecule has 0 fully saturated rings. The lowest BCUT2D eigenvalue weighted by Gasteiger charge is -2.23. The van der Waals surface area contributed by atoms with Gasteiger partial charge in [-0.05, 0) is 38.1 Å². The zero-order chi connectivity index (χ0) is 22.5. The van der Waals surface area contributed by atoms with Crippen molar-refractivity contribution >= 4 is 23.3 Å². The number of anilines is 3. The standard InChI is InChI=1S/C22H21N7O3/c1-4-32-22-24-20(23-21(25-22)29-15(2)18(26-27-29)19(30)31-3)28(16-11-7-5-8-12-16)17-13-9-6-10-14-17/h5-14H,4H2,1-3H3. The van der Waals surface area contributed by atoms with E-state index in [1.807, 2.05) is 72.5 Å². The van der Waals surface area contributed by atoms with Crippen LogP contribution in [0.25, 0.3) is 5.95 Å². The lowest BCUT2D eigenvalue weighted by Crippen LogP contribution is -2.17. The number of benzene rings is 2. The molecular formula is C22H21N7O3. The van der Waals surface area contributed by atoms with Gasteiger partial charge in [-0.15, -0.1) is 5.10 Å². The van der Waals surface area contributed by atoms with Crippen LogP contribution in [0.1, 0.15) is 23.1 Å². The fraction of sp³-hybridized carbons (Fsp3) is 0.182. The second kappa shape index (κ2) is 9.21. The summed E-state index contributed by atoms with van der Waals surface area (Å²) in [6.45, 7) is 3.89. The van der Waals surface area contributed by atoms with Crippen LogP contribution in [-0.2, 0) is 4.74 Å². The number of nitrogens with zero attached hydrogens (tertiary/aromatic N) is 7. The maximum absolute atomic E-state index is 12.0. The van der Waals surface area contributed by atoms with Crippen LogP contribution < -0.4 is 9.64 Å². The summed E-state index contributed by atoms with van der Waals surface area (Å²) >= 11 is 0. The van der Waals surface area contributed by atoms with Gasteiger partial charge in [0.15, 0.2) is 5.69 Å². The molecule has 32 heavy (non-hydrogen) atoms. The molecule has 2 aromatic heterocycles. The highest BCUT2D eigenvalue weighted by atomic mass is 16.5. The van der Waals surface area contributed by atoms with Gasteiger partial charge in [0.1, 0.15) is 0 Å². The SMILES string of the molecule is CCOc1nc(N(c2ccccc2)c2ccccc2)nc(-n2nnc(C(=O)OC)c2C)n1. The van der Waals surface area contributed by atoms with Gasteiger partial charge in [-0.1, -0.05) is 41.6 Å². The van der Waals surface area contributed by atoms with Crippen molar-refractivity contribution in [1.29, 1.82) is 0 Å². The number of methoxy groups -OCH3 is 1. The van der Waals surface area contributed by atoms with Crippen molar-refractivity contribution in [2.24, 2.45) is 0 Å². The molecule has 0 aliphatic carbocycles. The van der Waals surface area contributed by atoms with Crippen LogP contribution in [0.15, 0.2) is 60.7 Å². The van der Waals surface area contributed by atoms with Gasteiger partial charge in [0.05, 0.1) is 19.4 Å². The van der Waals surface area contributed by atoms with E-state index in [9.17, 15) is 4.79 Å². The van der Waals surface area contributed by atoms with Crippen LogP contribution >= 0.6 is 0 Å². The number of hydrogen-bond donors (Lipinski definition) is 0. The molecule has 0 unspecified atom stereocenters. The monoisotopic (exact) mass is 431 g/mol. The molecule has 4 aromatic rings. The van der Waals surface area contributed by atoms with Crippen LogP contribution in [0, 0.1) is 6.92 Å². The predicted octanol–water partition coefficient (Wildman–Crippen LogP) is 3.42. The Labute approximate surface area is 184 Å². The van der Waals surface area contributed by atoms with Crippen molar-refractivity contribution in [3.05, 3.63) is 72.1 Å². The number of esters is 1. The highest BCUT2D eigenvalue weighted by Crippen LogP contribution is 2.32. The molecule has 10 heteroatoms. The highest BCUT2D eigenvalue weighted by Gasteiger charge is 2.23. The number of rotatable bonds is 7. The Kier molecular flexibility index (Phi) is 6.02. The summed E-state index contributed by atoms with van der Waals surface area (Å²) in [6, 6.07) is 19.5. The molecule has 0 saturated heterocycles. The van der Waals surface area contributed by atoms with E-state index >= 15 is 0 Å². The molecule has 0 bridgehead atoms. The molecule has 0 aliphatic rings. The second-order valence-electron chi connectivity index (χ2n) is 6.58. The Hall–Kier alpha value is -4.34. The summed E-state index contributed by atoms with van der Waals surface area (Å²) in [6.07, 6.45) is 0. The Bertz CT molecular complexity index is 1170. The molecule has 0 N–H and O–H groups in total. The summed E-state index contributed by atoms with van der Waals surface area (Å²) in [5.41, 5.74) is 2.21. The van der Waals surface area contributed by atoms with Crippen LogP contribution in [0.4, 0.5) is 17.3 Å². The molecule has 4 rings (SSSR count). The average molecular weight is 431 g/mol. The number of carbonyl (C=O) groups is 1. The van der Waals surface area contributed by atoms with E-state index in [-0.39, 0.29) is 17.7 Å². The molecule has 162 valence electrons. The van der Waals surface area contributed by atoms with Crippen LogP contribution in [-0.4, -0.2) is 49.6 Å². The number of hydrogen-bond acceptors (Lipinski definition) is 9. The van der Waals surface area contributed by atoms with Crippen molar-refractivity contribution in [3.8, 4) is 12.0 Å². The molecule has 0 amide bonds. The number of para-hydroxylation sites is 2. The average Bonchev–Trinajstić information content (AvgIpc) is 3.21. The smallest absolute Gasteiger partial charge is 0.360 e. The minimum absolute atomic E-state index is 0.0791. The third kappa shape index (κ3) is 4.10. The first-order valence-electron chi connectivity index (χ1n) is 9.92. The van der Waals surface area contributed by atoms with Crippen LogP contribution in [0.5, 0.6) is 6.01 Å². The van der Waals surface area contributed by atoms with Gasteiger partial charge < -0.3 is 9.47 Å². The summed E-state index contributed by atoms with van der Waals surface area (Å²) in [5, 5.41) is 7.95. The van der Waals surface area contributed by atoms with Crippen molar-refractivity contribution < 1.29 is 14.3 Å². The molecule has 0 atom stereocenters. The molecule has 0 radical (unpaired) electrons. The lowest BCUT2D eigenvalue weighted by atomic mass is 10.2. The number of carbonyl (C=O) groups excluding carboxylic acids is 1. The summed E-state index contributed by atoms with van der Waals surface area (Å²) in [4.78, 5) is 27.4. The lowest BCUT2D eigenvalue weighted by molar-refractivity contribution is 0.0593. The quantitative estimate of drug-likeness (QED) is 0.407. The Morgan fingerprint density at radius 3 is 2.16 bits per heavy atom. The third-order valence-electron chi connectivity index (χ3n) is 4.56. The maximum atomic E-state index is 12.0. The minimum Gasteiger partial charge on any atom is -0.464 e. The van der Waals surface area contributed by atoms with Gasteiger partial charge in [-0.25, -0.2) is 4.79 Å². The Morgan fingerprint density at radius 2 is 1.59 bits per heavy atom. The van der Waals surface area contributed by atoms with Crippen molar-refractivity contribution in [3.63, 3.8) is 0 Å². The predicted molar refractivity (Wildman–Crippen MR) is 117 cm³/mol. The van der Waals surface area contributed by atoms with Crippen molar-refractivity contribution in [2.75, 3.05) is 18.6 Å². The molecule has 0 saturated carbocycles. The highest BCUT2D eigenvalue weighted by molar-refractivity contribution is 5.88. The first-order valence-corrected chi connectivity index (χ1v) is 9.92. The molecular weight excluding hydrogens is 410 g/mol. The molecule has 2 heterocycles. The normalized spacial score (nSPS) is 10.6. The zero-order valence-electron chi connectivity index (χ0n) is 17.8. The topological polar surface area (TPSA) is 108 Å². The van der Waals surface area contributed by atoms with Gasteiger partial charge >= 0.3 is 12.0 Å². The van der Waals surface area contributed by atoms with E-state index in [1.54, 1.807) is 6.92 Å². The van der Waals surface area contributed by atoms with E-state index in [2.05, 4.69) is 25.3 Å². The summed E-state index contributed by atoms with van der Waals surface area (Å²) in [7, 11) is 1.28. The van der Waals surface area contributed by atoms with Crippen molar-refractivity contribution in [1.82, 2.24) is 29.9 Å². The minimum atomic E-state index is -0.594. The molecule has 2 aromatic carbocycles. The van der Waals surface area contributed by atoms with Gasteiger partial charge in [0, 0.05) is 11.4 Å². The molecule has 0 spiro atoms. The van der Waals surface area contributed by atoms with E-state index in [1.165, 1.54) is 11.8 Å². The van der Waals surface area contributed by atoms with Gasteiger partial charge in [0.25, 0.3) is 5.95 Å². The van der Waals surface area contributed by atoms with E-state index in [0.29, 0.717) is 18.2 Å². The summed E-state index contributed by atoms with van der Waals surface area (Å²) in [5.74, 6) is -0.107. The van der Waals surface area contributed by atoms with Crippen LogP contribution in [0.2, 0.25) is 0 Å². The van der Waals surface area contributed by atoms with Crippen LogP contribution in [0.3, 0.4) is 0 Å². The summed E-state index contributed by atoms with van der Waals surface area (Å²) < 4.78 is 11.7. The zero-order valence-corrected chi connectivity index (χ0v) is 17.8. The van der Waals surface area contributed by atoms with E-state index in [0.717, 1.165) is 11.4 Å².